The number of nitrogens with zero attached hydrogens (tertiary/aromatic N) is 1. The van der Waals surface area contributed by atoms with Crippen LogP contribution in [0, 0.1) is 0 Å². The van der Waals surface area contributed by atoms with Gasteiger partial charge in [-0.3, -0.25) is 9.10 Å². The van der Waals surface area contributed by atoms with Crippen LogP contribution < -0.4 is 9.62 Å². The Balaban J connectivity index is 2.96. The summed E-state index contributed by atoms with van der Waals surface area (Å²) < 4.78 is 24.0. The van der Waals surface area contributed by atoms with Gasteiger partial charge in [0.1, 0.15) is 0 Å². The van der Waals surface area contributed by atoms with Crippen LogP contribution >= 0.6 is 0 Å². The van der Waals surface area contributed by atoms with Crippen LogP contribution in [0.3, 0.4) is 0 Å². The summed E-state index contributed by atoms with van der Waals surface area (Å²) in [5.74, 6) is -0.194. The second-order valence-electron chi connectivity index (χ2n) is 4.04. The normalized spacial score (nSPS) is 11.1. The third-order valence-corrected chi connectivity index (χ3v) is 3.71. The van der Waals surface area contributed by atoms with Crippen molar-refractivity contribution in [3.8, 4) is 0 Å². The average molecular weight is 270 g/mol. The van der Waals surface area contributed by atoms with Crippen molar-refractivity contribution in [1.29, 1.82) is 0 Å². The second kappa shape index (κ2) is 5.86. The first kappa shape index (κ1) is 14.5. The van der Waals surface area contributed by atoms with Gasteiger partial charge in [0.15, 0.2) is 0 Å². The van der Waals surface area contributed by atoms with Gasteiger partial charge in [-0.1, -0.05) is 13.0 Å². The summed E-state index contributed by atoms with van der Waals surface area (Å²) in [5.41, 5.74) is 0.929. The molecule has 0 aliphatic carbocycles. The molecule has 1 aromatic carbocycles. The van der Waals surface area contributed by atoms with Crippen molar-refractivity contribution in [3.63, 3.8) is 0 Å². The Hall–Kier alpha value is -1.56. The second-order valence-corrected chi connectivity index (χ2v) is 6.05. The third kappa shape index (κ3) is 3.73. The minimum atomic E-state index is -3.31. The number of hydrogen-bond acceptors (Lipinski definition) is 3. The highest BCUT2D eigenvalue weighted by Crippen LogP contribution is 2.17. The lowest BCUT2D eigenvalue weighted by Gasteiger charge is -2.17. The van der Waals surface area contributed by atoms with Crippen LogP contribution in [0.15, 0.2) is 24.3 Å². The summed E-state index contributed by atoms with van der Waals surface area (Å²) >= 11 is 0. The minimum Gasteiger partial charge on any atom is -0.352 e. The molecule has 0 radical (unpaired) electrons. The number of sulfonamides is 1. The van der Waals surface area contributed by atoms with E-state index in [9.17, 15) is 13.2 Å². The first-order valence-corrected chi connectivity index (χ1v) is 7.53. The molecule has 1 N–H and O–H groups in total. The van der Waals surface area contributed by atoms with Gasteiger partial charge in [-0.25, -0.2) is 8.42 Å². The zero-order chi connectivity index (χ0) is 13.8. The van der Waals surface area contributed by atoms with Gasteiger partial charge in [0.25, 0.3) is 5.91 Å². The van der Waals surface area contributed by atoms with E-state index in [1.165, 1.54) is 7.05 Å². The highest BCUT2D eigenvalue weighted by atomic mass is 32.2. The van der Waals surface area contributed by atoms with E-state index in [0.717, 1.165) is 17.0 Å². The van der Waals surface area contributed by atoms with E-state index in [2.05, 4.69) is 5.32 Å². The van der Waals surface area contributed by atoms with Gasteiger partial charge in [-0.05, 0) is 24.6 Å². The van der Waals surface area contributed by atoms with E-state index in [0.29, 0.717) is 17.8 Å². The number of anilines is 1. The highest BCUT2D eigenvalue weighted by Gasteiger charge is 2.13. The van der Waals surface area contributed by atoms with Crippen molar-refractivity contribution >= 4 is 21.6 Å². The molecule has 0 spiro atoms. The number of nitrogens with one attached hydrogen (secondary N) is 1. The largest absolute Gasteiger partial charge is 0.352 e. The van der Waals surface area contributed by atoms with Crippen LogP contribution in [0.4, 0.5) is 5.69 Å². The lowest BCUT2D eigenvalue weighted by Crippen LogP contribution is -2.26. The molecule has 0 atom stereocenters. The molecule has 0 aliphatic rings. The van der Waals surface area contributed by atoms with Gasteiger partial charge in [0, 0.05) is 19.2 Å². The molecule has 0 aromatic heterocycles. The Labute approximate surface area is 108 Å². The molecule has 1 aromatic rings. The van der Waals surface area contributed by atoms with Crippen molar-refractivity contribution in [2.24, 2.45) is 0 Å². The number of carbonyl (C=O) groups is 1. The molecule has 18 heavy (non-hydrogen) atoms. The van der Waals surface area contributed by atoms with Gasteiger partial charge in [-0.2, -0.15) is 0 Å². The smallest absolute Gasteiger partial charge is 0.251 e. The maximum atomic E-state index is 11.7. The van der Waals surface area contributed by atoms with Gasteiger partial charge >= 0.3 is 0 Å². The van der Waals surface area contributed by atoms with Gasteiger partial charge in [-0.15, -0.1) is 0 Å². The van der Waals surface area contributed by atoms with Crippen LogP contribution in [0.5, 0.6) is 0 Å². The molecule has 0 saturated carbocycles. The fourth-order valence-corrected chi connectivity index (χ4v) is 1.87. The van der Waals surface area contributed by atoms with Crippen molar-refractivity contribution < 1.29 is 13.2 Å². The molecule has 1 rings (SSSR count). The van der Waals surface area contributed by atoms with E-state index in [1.807, 2.05) is 6.92 Å². The average Bonchev–Trinajstić information content (AvgIpc) is 2.34. The lowest BCUT2D eigenvalue weighted by molar-refractivity contribution is 0.0953. The fraction of sp³-hybridized carbons (Fsp3) is 0.417. The Morgan fingerprint density at radius 3 is 2.61 bits per heavy atom. The van der Waals surface area contributed by atoms with E-state index >= 15 is 0 Å². The molecule has 0 saturated heterocycles. The maximum Gasteiger partial charge on any atom is 0.251 e. The molecule has 100 valence electrons. The summed E-state index contributed by atoms with van der Waals surface area (Å²) in [5, 5.41) is 2.75. The van der Waals surface area contributed by atoms with Crippen LogP contribution in [-0.2, 0) is 10.0 Å². The van der Waals surface area contributed by atoms with E-state index in [-0.39, 0.29) is 5.91 Å². The Morgan fingerprint density at radius 2 is 2.06 bits per heavy atom. The predicted octanol–water partition coefficient (Wildman–Crippen LogP) is 1.22. The molecule has 6 heteroatoms. The van der Waals surface area contributed by atoms with Gasteiger partial charge in [0.2, 0.25) is 10.0 Å². The summed E-state index contributed by atoms with van der Waals surface area (Å²) in [6.45, 7) is 2.57. The van der Waals surface area contributed by atoms with Gasteiger partial charge in [0.05, 0.1) is 11.9 Å². The number of amides is 1. The van der Waals surface area contributed by atoms with Crippen LogP contribution in [-0.4, -0.2) is 34.2 Å². The summed E-state index contributed by atoms with van der Waals surface area (Å²) in [6, 6.07) is 6.53. The Bertz CT molecular complexity index is 526. The van der Waals surface area contributed by atoms with E-state index < -0.39 is 10.0 Å². The van der Waals surface area contributed by atoms with Gasteiger partial charge < -0.3 is 5.32 Å². The molecule has 1 amide bonds. The van der Waals surface area contributed by atoms with Crippen LogP contribution in [0.25, 0.3) is 0 Å². The topological polar surface area (TPSA) is 66.5 Å². The standard InChI is InChI=1S/C12H18N2O3S/c1-4-8-13-12(15)10-6-5-7-11(9-10)14(2)18(3,16)17/h5-7,9H,4,8H2,1-3H3,(H,13,15). The highest BCUT2D eigenvalue weighted by molar-refractivity contribution is 7.92. The van der Waals surface area contributed by atoms with Crippen molar-refractivity contribution in [3.05, 3.63) is 29.8 Å². The fourth-order valence-electron chi connectivity index (χ4n) is 1.38. The SMILES string of the molecule is CCCNC(=O)c1cccc(N(C)S(C)(=O)=O)c1. The minimum absolute atomic E-state index is 0.194. The number of benzene rings is 1. The zero-order valence-electron chi connectivity index (χ0n) is 10.8. The van der Waals surface area contributed by atoms with E-state index in [4.69, 9.17) is 0 Å². The van der Waals surface area contributed by atoms with Crippen molar-refractivity contribution in [1.82, 2.24) is 5.32 Å². The first-order chi connectivity index (χ1) is 8.36. The quantitative estimate of drug-likeness (QED) is 0.875. The number of hydrogen-bond donors (Lipinski definition) is 1. The summed E-state index contributed by atoms with van der Waals surface area (Å²) in [6.07, 6.45) is 1.98. The number of carbonyl (C=O) groups excluding carboxylic acids is 1. The summed E-state index contributed by atoms with van der Waals surface area (Å²) in [4.78, 5) is 11.7. The molecular weight excluding hydrogens is 252 g/mol. The molecule has 0 aliphatic heterocycles. The molecule has 0 fully saturated rings. The lowest BCUT2D eigenvalue weighted by atomic mass is 10.2. The zero-order valence-corrected chi connectivity index (χ0v) is 11.6. The monoisotopic (exact) mass is 270 g/mol. The number of rotatable bonds is 5. The molecule has 5 nitrogen and oxygen atoms in total. The van der Waals surface area contributed by atoms with Crippen molar-refractivity contribution in [2.75, 3.05) is 24.2 Å². The molecule has 0 unspecified atom stereocenters. The maximum absolute atomic E-state index is 11.7. The third-order valence-electron chi connectivity index (χ3n) is 2.50. The molecule has 0 heterocycles. The predicted molar refractivity (Wildman–Crippen MR) is 72.3 cm³/mol. The van der Waals surface area contributed by atoms with E-state index in [1.54, 1.807) is 24.3 Å². The molecule has 0 bridgehead atoms. The summed E-state index contributed by atoms with van der Waals surface area (Å²) in [7, 11) is -1.86. The van der Waals surface area contributed by atoms with Crippen LogP contribution in [0.1, 0.15) is 23.7 Å². The Kier molecular flexibility index (Phi) is 4.72. The Morgan fingerprint density at radius 1 is 1.39 bits per heavy atom. The van der Waals surface area contributed by atoms with Crippen molar-refractivity contribution in [2.45, 2.75) is 13.3 Å². The first-order valence-electron chi connectivity index (χ1n) is 5.68. The molecular formula is C12H18N2O3S. The van der Waals surface area contributed by atoms with Crippen LogP contribution in [0.2, 0.25) is 0 Å².